The average molecular weight is 708 g/mol. The summed E-state index contributed by atoms with van der Waals surface area (Å²) in [7, 11) is -3.89. The highest BCUT2D eigenvalue weighted by atomic mass is 35.5. The maximum Gasteiger partial charge on any atom is 0.261 e. The number of nitrogens with zero attached hydrogens (tertiary/aromatic N) is 1. The first-order chi connectivity index (χ1) is 22.2. The van der Waals surface area contributed by atoms with Crippen LogP contribution < -0.4 is 25.2 Å². The monoisotopic (exact) mass is 706 g/mol. The van der Waals surface area contributed by atoms with Crippen molar-refractivity contribution in [1.82, 2.24) is 10.7 Å². The normalized spacial score (nSPS) is 12.9. The van der Waals surface area contributed by atoms with E-state index < -0.39 is 15.9 Å². The smallest absolute Gasteiger partial charge is 0.261 e. The summed E-state index contributed by atoms with van der Waals surface area (Å²) < 4.78 is 34.5. The SMILES string of the molecule is CCCCCCCCCCCCOc1ccc(S(=O)(=O)Nc2cccc(C(=O)NC3=CCN(c4c(Cl)cc(Cl)cc4Cl)N3)c2)cc1. The molecule has 46 heavy (non-hydrogen) atoms. The van der Waals surface area contributed by atoms with Gasteiger partial charge in [-0.15, -0.1) is 0 Å². The van der Waals surface area contributed by atoms with E-state index in [-0.39, 0.29) is 16.1 Å². The number of benzene rings is 3. The Morgan fingerprint density at radius 2 is 1.50 bits per heavy atom. The van der Waals surface area contributed by atoms with E-state index in [4.69, 9.17) is 39.5 Å². The summed E-state index contributed by atoms with van der Waals surface area (Å²) in [6, 6.07) is 15.7. The Kier molecular flexibility index (Phi) is 13.8. The number of nitrogens with one attached hydrogen (secondary N) is 3. The Labute approximate surface area is 287 Å². The molecule has 0 aromatic heterocycles. The van der Waals surface area contributed by atoms with Crippen molar-refractivity contribution in [2.24, 2.45) is 0 Å². The molecular formula is C34H41Cl3N4O4S. The van der Waals surface area contributed by atoms with E-state index in [0.29, 0.717) is 45.5 Å². The molecule has 0 atom stereocenters. The zero-order valence-electron chi connectivity index (χ0n) is 26.0. The molecule has 3 N–H and O–H groups in total. The van der Waals surface area contributed by atoms with Crippen LogP contribution in [0.15, 0.2) is 77.5 Å². The van der Waals surface area contributed by atoms with Gasteiger partial charge < -0.3 is 10.1 Å². The summed E-state index contributed by atoms with van der Waals surface area (Å²) in [6.45, 7) is 3.23. The highest BCUT2D eigenvalue weighted by Gasteiger charge is 2.22. The molecule has 1 heterocycles. The largest absolute Gasteiger partial charge is 0.494 e. The Balaban J connectivity index is 1.22. The minimum atomic E-state index is -3.89. The van der Waals surface area contributed by atoms with Crippen LogP contribution in [-0.4, -0.2) is 27.5 Å². The topological polar surface area (TPSA) is 99.8 Å². The Bertz CT molecular complexity index is 1580. The van der Waals surface area contributed by atoms with Gasteiger partial charge in [-0.2, -0.15) is 0 Å². The number of ether oxygens (including phenoxy) is 1. The first-order valence-electron chi connectivity index (χ1n) is 15.7. The highest BCUT2D eigenvalue weighted by Crippen LogP contribution is 2.36. The van der Waals surface area contributed by atoms with Crippen molar-refractivity contribution in [2.45, 2.75) is 76.0 Å². The quantitative estimate of drug-likeness (QED) is 0.114. The van der Waals surface area contributed by atoms with Gasteiger partial charge in [0.05, 0.1) is 33.8 Å². The van der Waals surface area contributed by atoms with Crippen LogP contribution in [0.4, 0.5) is 11.4 Å². The maximum absolute atomic E-state index is 13.1. The standard InChI is InChI=1S/C34H41Cl3N4O4S/c1-2-3-4-5-6-7-8-9-10-11-21-45-28-15-17-29(18-16-28)46(43,44)40-27-14-12-13-25(22-27)34(42)38-32-19-20-41(39-32)33-30(36)23-26(35)24-31(33)37/h12-19,22-24,39-40H,2-11,20-21H2,1H3,(H,38,42). The third kappa shape index (κ3) is 10.7. The van der Waals surface area contributed by atoms with E-state index in [1.165, 1.54) is 69.6 Å². The number of unbranched alkanes of at least 4 members (excludes halogenated alkanes) is 9. The lowest BCUT2D eigenvalue weighted by molar-refractivity contribution is 0.0963. The molecule has 1 aliphatic rings. The van der Waals surface area contributed by atoms with Gasteiger partial charge in [-0.05, 0) is 67.1 Å². The van der Waals surface area contributed by atoms with Gasteiger partial charge in [0.15, 0.2) is 0 Å². The number of hydrazine groups is 1. The lowest BCUT2D eigenvalue weighted by atomic mass is 10.1. The molecule has 0 saturated heterocycles. The molecule has 1 amide bonds. The van der Waals surface area contributed by atoms with E-state index in [1.807, 2.05) is 0 Å². The number of anilines is 2. The second kappa shape index (κ2) is 17.7. The number of rotatable bonds is 18. The van der Waals surface area contributed by atoms with E-state index in [2.05, 4.69) is 22.4 Å². The number of carbonyl (C=O) groups excluding carboxylic acids is 1. The van der Waals surface area contributed by atoms with Crippen molar-refractivity contribution < 1.29 is 17.9 Å². The molecule has 0 aliphatic carbocycles. The van der Waals surface area contributed by atoms with Gasteiger partial charge in [0.2, 0.25) is 0 Å². The molecule has 248 valence electrons. The molecule has 4 rings (SSSR count). The van der Waals surface area contributed by atoms with Crippen LogP contribution in [0.25, 0.3) is 0 Å². The predicted molar refractivity (Wildman–Crippen MR) is 189 cm³/mol. The van der Waals surface area contributed by atoms with Crippen LogP contribution in [0.2, 0.25) is 15.1 Å². The van der Waals surface area contributed by atoms with Crippen molar-refractivity contribution >= 4 is 62.1 Å². The van der Waals surface area contributed by atoms with E-state index >= 15 is 0 Å². The minimum absolute atomic E-state index is 0.0913. The molecule has 0 bridgehead atoms. The number of hydrogen-bond acceptors (Lipinski definition) is 6. The van der Waals surface area contributed by atoms with Gasteiger partial charge in [0.1, 0.15) is 11.6 Å². The number of carbonyl (C=O) groups is 1. The first-order valence-corrected chi connectivity index (χ1v) is 18.3. The van der Waals surface area contributed by atoms with Crippen LogP contribution in [-0.2, 0) is 10.0 Å². The average Bonchev–Trinajstić information content (AvgIpc) is 3.47. The van der Waals surface area contributed by atoms with Crippen LogP contribution in [0.1, 0.15) is 81.5 Å². The van der Waals surface area contributed by atoms with Crippen LogP contribution in [0.3, 0.4) is 0 Å². The van der Waals surface area contributed by atoms with Crippen molar-refractivity contribution in [3.05, 3.63) is 93.2 Å². The van der Waals surface area contributed by atoms with E-state index in [0.717, 1.165) is 12.8 Å². The van der Waals surface area contributed by atoms with E-state index in [9.17, 15) is 13.2 Å². The third-order valence-electron chi connectivity index (χ3n) is 7.51. The second-order valence-electron chi connectivity index (χ2n) is 11.2. The summed E-state index contributed by atoms with van der Waals surface area (Å²) in [6.07, 6.45) is 14.3. The van der Waals surface area contributed by atoms with Crippen molar-refractivity contribution in [2.75, 3.05) is 22.9 Å². The van der Waals surface area contributed by atoms with Crippen LogP contribution >= 0.6 is 34.8 Å². The number of halogens is 3. The van der Waals surface area contributed by atoms with Crippen LogP contribution in [0, 0.1) is 0 Å². The van der Waals surface area contributed by atoms with Crippen molar-refractivity contribution in [3.8, 4) is 5.75 Å². The zero-order chi connectivity index (χ0) is 32.9. The number of amides is 1. The molecule has 3 aromatic rings. The van der Waals surface area contributed by atoms with Gasteiger partial charge in [-0.1, -0.05) is 106 Å². The highest BCUT2D eigenvalue weighted by molar-refractivity contribution is 7.92. The van der Waals surface area contributed by atoms with Gasteiger partial charge in [0.25, 0.3) is 15.9 Å². The molecule has 0 radical (unpaired) electrons. The van der Waals surface area contributed by atoms with Gasteiger partial charge in [-0.3, -0.25) is 20.0 Å². The minimum Gasteiger partial charge on any atom is -0.494 e. The Morgan fingerprint density at radius 3 is 2.15 bits per heavy atom. The molecule has 1 aliphatic heterocycles. The van der Waals surface area contributed by atoms with Gasteiger partial charge in [-0.25, -0.2) is 8.42 Å². The molecule has 0 unspecified atom stereocenters. The molecule has 3 aromatic carbocycles. The van der Waals surface area contributed by atoms with Gasteiger partial charge in [0, 0.05) is 16.3 Å². The molecular weight excluding hydrogens is 667 g/mol. The van der Waals surface area contributed by atoms with Crippen molar-refractivity contribution in [3.63, 3.8) is 0 Å². The fourth-order valence-corrected chi connectivity index (χ4v) is 7.14. The third-order valence-corrected chi connectivity index (χ3v) is 9.70. The van der Waals surface area contributed by atoms with Crippen LogP contribution in [0.5, 0.6) is 5.75 Å². The van der Waals surface area contributed by atoms with Crippen molar-refractivity contribution in [1.29, 1.82) is 0 Å². The second-order valence-corrected chi connectivity index (χ2v) is 14.1. The fraction of sp³-hybridized carbons (Fsp3) is 0.382. The molecule has 8 nitrogen and oxygen atoms in total. The summed E-state index contributed by atoms with van der Waals surface area (Å²) in [5.74, 6) is 0.620. The predicted octanol–water partition coefficient (Wildman–Crippen LogP) is 9.34. The number of sulfonamides is 1. The summed E-state index contributed by atoms with van der Waals surface area (Å²) in [4.78, 5) is 13.1. The maximum atomic E-state index is 13.1. The zero-order valence-corrected chi connectivity index (χ0v) is 29.0. The lowest BCUT2D eigenvalue weighted by Crippen LogP contribution is -2.38. The van der Waals surface area contributed by atoms with Gasteiger partial charge >= 0.3 is 0 Å². The molecule has 0 spiro atoms. The molecule has 0 saturated carbocycles. The molecule has 12 heteroatoms. The first kappa shape index (κ1) is 35.7. The fourth-order valence-electron chi connectivity index (χ4n) is 5.06. The summed E-state index contributed by atoms with van der Waals surface area (Å²) in [5, 5.41) is 5.59. The molecule has 0 fully saturated rings. The summed E-state index contributed by atoms with van der Waals surface area (Å²) >= 11 is 18.6. The Morgan fingerprint density at radius 1 is 0.870 bits per heavy atom. The Hall–Kier alpha value is -3.11. The summed E-state index contributed by atoms with van der Waals surface area (Å²) in [5.41, 5.74) is 4.09. The van der Waals surface area contributed by atoms with E-state index in [1.54, 1.807) is 53.5 Å². The number of hydrogen-bond donors (Lipinski definition) is 3. The lowest BCUT2D eigenvalue weighted by Gasteiger charge is -2.23.